The Balaban J connectivity index is 1.39. The lowest BCUT2D eigenvalue weighted by molar-refractivity contribution is -0.141. The molecule has 0 spiro atoms. The van der Waals surface area contributed by atoms with Gasteiger partial charge in [0, 0.05) is 30.9 Å². The molecule has 5 amide bonds. The van der Waals surface area contributed by atoms with Crippen LogP contribution in [-0.2, 0) is 51.8 Å². The van der Waals surface area contributed by atoms with Gasteiger partial charge in [-0.15, -0.1) is 6.58 Å². The second kappa shape index (κ2) is 15.2. The molecular weight excluding hydrogens is 713 g/mol. The fourth-order valence-corrected chi connectivity index (χ4v) is 7.87. The van der Waals surface area contributed by atoms with Gasteiger partial charge in [0.25, 0.3) is 5.91 Å². The summed E-state index contributed by atoms with van der Waals surface area (Å²) in [5.41, 5.74) is -1.66. The number of carbonyl (C=O) groups excluding carboxylic acids is 6. The molecule has 2 saturated carbocycles. The smallest absolute Gasteiger partial charge is 0.410 e. The zero-order chi connectivity index (χ0) is 38.9. The minimum atomic E-state index is -3.97. The van der Waals surface area contributed by atoms with Crippen LogP contribution in [0.2, 0.25) is 0 Å². The normalized spacial score (nSPS) is 23.8. The van der Waals surface area contributed by atoms with Gasteiger partial charge in [0.1, 0.15) is 35.1 Å². The van der Waals surface area contributed by atoms with Crippen LogP contribution in [-0.4, -0.2) is 95.0 Å². The summed E-state index contributed by atoms with van der Waals surface area (Å²) in [6.07, 6.45) is -1.28. The van der Waals surface area contributed by atoms with Crippen molar-refractivity contribution in [2.75, 3.05) is 6.54 Å². The Labute approximate surface area is 307 Å². The minimum absolute atomic E-state index is 0.0445. The maximum absolute atomic E-state index is 14.4. The van der Waals surface area contributed by atoms with Gasteiger partial charge in [-0.2, -0.15) is 0 Å². The summed E-state index contributed by atoms with van der Waals surface area (Å²) in [7, 11) is -3.97. The van der Waals surface area contributed by atoms with Crippen molar-refractivity contribution in [3.8, 4) is 11.8 Å². The quantitative estimate of drug-likeness (QED) is 0.162. The number of rotatable bonds is 12. The van der Waals surface area contributed by atoms with Crippen LogP contribution in [0.5, 0.6) is 0 Å². The summed E-state index contributed by atoms with van der Waals surface area (Å²) >= 11 is 0. The molecule has 286 valence electrons. The number of benzene rings is 1. The molecule has 0 radical (unpaired) electrons. The van der Waals surface area contributed by atoms with E-state index in [1.54, 1.807) is 26.8 Å². The average Bonchev–Trinajstić information content (AvgIpc) is 3.96. The first kappa shape index (κ1) is 39.2. The fraction of sp³-hybridized carbons (Fsp3) is 0.556. The lowest BCUT2D eigenvalue weighted by Crippen LogP contribution is -2.58. The number of Topliss-reactive ketones (excluding diaryl/α,β-unsaturated/α-hetero) is 1. The Morgan fingerprint density at radius 2 is 1.87 bits per heavy atom. The molecule has 53 heavy (non-hydrogen) atoms. The molecule has 0 bridgehead atoms. The molecule has 1 saturated heterocycles. The molecule has 15 nitrogen and oxygen atoms in total. The monoisotopic (exact) mass is 757 g/mol. The minimum Gasteiger partial charge on any atom is -0.444 e. The van der Waals surface area contributed by atoms with Gasteiger partial charge in [-0.05, 0) is 70.9 Å². The van der Waals surface area contributed by atoms with Crippen LogP contribution >= 0.6 is 0 Å². The summed E-state index contributed by atoms with van der Waals surface area (Å²) in [5, 5.41) is 4.42. The number of halogens is 1. The Hall–Kier alpha value is -4.98. The standard InChI is InChI=1S/C36H44FN5O10S/c1-6-9-23(43)12-15-28(38-33(47)52-35(3,4)5)31(45)42-19-24(51-34(48)41-18-21-10-8-11-27(37)26(21)20-41)16-29(42)30(44)39-36(17-22(36)7-2)32(46)40-53(49,50)25-13-14-25/h7-8,10-11,22,24-25,28-29H,2,12-20H2,1,3-5H3,(H,38,47)(H,39,44)(H,40,46). The van der Waals surface area contributed by atoms with Crippen LogP contribution in [0.4, 0.5) is 14.0 Å². The van der Waals surface area contributed by atoms with Crippen LogP contribution in [0.1, 0.15) is 77.3 Å². The van der Waals surface area contributed by atoms with Crippen molar-refractivity contribution in [1.29, 1.82) is 0 Å². The highest BCUT2D eigenvalue weighted by atomic mass is 32.2. The van der Waals surface area contributed by atoms with Crippen LogP contribution in [0, 0.1) is 23.6 Å². The summed E-state index contributed by atoms with van der Waals surface area (Å²) in [6.45, 7) is 9.72. The number of amides is 5. The third-order valence-corrected chi connectivity index (χ3v) is 11.3. The molecule has 5 unspecified atom stereocenters. The number of fused-ring (bicyclic) bond motifs is 1. The highest BCUT2D eigenvalue weighted by molar-refractivity contribution is 7.91. The Bertz CT molecular complexity index is 1880. The summed E-state index contributed by atoms with van der Waals surface area (Å²) < 4.78 is 52.8. The zero-order valence-corrected chi connectivity index (χ0v) is 30.8. The second-order valence-electron chi connectivity index (χ2n) is 14.7. The maximum Gasteiger partial charge on any atom is 0.410 e. The number of ether oxygens (including phenoxy) is 2. The molecule has 3 N–H and O–H groups in total. The lowest BCUT2D eigenvalue weighted by Gasteiger charge is -2.30. The first-order valence-corrected chi connectivity index (χ1v) is 18.9. The van der Waals surface area contributed by atoms with Crippen molar-refractivity contribution in [2.45, 2.75) is 114 Å². The number of ketones is 1. The van der Waals surface area contributed by atoms with Crippen molar-refractivity contribution in [3.63, 3.8) is 0 Å². The van der Waals surface area contributed by atoms with Crippen LogP contribution in [0.3, 0.4) is 0 Å². The Morgan fingerprint density at radius 1 is 1.15 bits per heavy atom. The van der Waals surface area contributed by atoms with E-state index >= 15 is 0 Å². The molecule has 5 rings (SSSR count). The fourth-order valence-electron chi connectivity index (χ4n) is 6.51. The van der Waals surface area contributed by atoms with Crippen LogP contribution < -0.4 is 15.4 Å². The van der Waals surface area contributed by atoms with Crippen LogP contribution in [0.25, 0.3) is 0 Å². The van der Waals surface area contributed by atoms with E-state index in [9.17, 15) is 41.6 Å². The van der Waals surface area contributed by atoms with E-state index in [1.165, 1.54) is 30.0 Å². The van der Waals surface area contributed by atoms with E-state index in [2.05, 4.69) is 33.8 Å². The van der Waals surface area contributed by atoms with Crippen molar-refractivity contribution < 1.29 is 51.0 Å². The topological polar surface area (TPSA) is 198 Å². The molecule has 3 fully saturated rings. The average molecular weight is 758 g/mol. The van der Waals surface area contributed by atoms with Crippen LogP contribution in [0.15, 0.2) is 30.9 Å². The predicted molar refractivity (Wildman–Crippen MR) is 186 cm³/mol. The van der Waals surface area contributed by atoms with E-state index in [0.717, 1.165) is 4.90 Å². The number of alkyl carbamates (subject to hydrolysis) is 1. The molecule has 0 aromatic heterocycles. The van der Waals surface area contributed by atoms with Gasteiger partial charge in [0.2, 0.25) is 27.6 Å². The Morgan fingerprint density at radius 3 is 2.47 bits per heavy atom. The lowest BCUT2D eigenvalue weighted by atomic mass is 10.1. The molecule has 17 heteroatoms. The number of hydrogen-bond acceptors (Lipinski definition) is 10. The number of likely N-dealkylation sites (tertiary alicyclic amines) is 1. The van der Waals surface area contributed by atoms with Gasteiger partial charge >= 0.3 is 12.2 Å². The summed E-state index contributed by atoms with van der Waals surface area (Å²) in [5.74, 6) is 0.666. The third-order valence-electron chi connectivity index (χ3n) is 9.46. The highest BCUT2D eigenvalue weighted by Crippen LogP contribution is 2.45. The first-order chi connectivity index (χ1) is 24.9. The molecule has 2 aliphatic heterocycles. The molecule has 2 aliphatic carbocycles. The van der Waals surface area contributed by atoms with Crippen molar-refractivity contribution in [3.05, 3.63) is 47.8 Å². The molecule has 2 heterocycles. The van der Waals surface area contributed by atoms with Gasteiger partial charge < -0.3 is 25.0 Å². The number of carbonyl (C=O) groups is 6. The predicted octanol–water partition coefficient (Wildman–Crippen LogP) is 2.18. The molecule has 4 aliphatic rings. The van der Waals surface area contributed by atoms with Gasteiger partial charge in [0.05, 0.1) is 18.3 Å². The molecular formula is C36H44FN5O10S. The van der Waals surface area contributed by atoms with E-state index in [4.69, 9.17) is 9.47 Å². The highest BCUT2D eigenvalue weighted by Gasteiger charge is 2.62. The SMILES string of the molecule is C=CC1CC1(NC(=O)C1CC(OC(=O)N2Cc3cccc(F)c3C2)CN1C(=O)C(CCC(=O)C#CC)NC(=O)OC(C)(C)C)C(=O)NS(=O)(=O)C1CC1. The molecule has 1 aromatic carbocycles. The second-order valence-corrected chi connectivity index (χ2v) is 16.7. The number of sulfonamides is 1. The molecule has 1 aromatic rings. The van der Waals surface area contributed by atoms with Crippen molar-refractivity contribution in [1.82, 2.24) is 25.2 Å². The van der Waals surface area contributed by atoms with E-state index in [0.29, 0.717) is 24.0 Å². The summed E-state index contributed by atoms with van der Waals surface area (Å²) in [6, 6.07) is 1.73. The van der Waals surface area contributed by atoms with E-state index < -0.39 is 92.0 Å². The number of hydrogen-bond donors (Lipinski definition) is 3. The maximum atomic E-state index is 14.4. The van der Waals surface area contributed by atoms with Crippen molar-refractivity contribution >= 4 is 45.7 Å². The van der Waals surface area contributed by atoms with Crippen molar-refractivity contribution in [2.24, 2.45) is 5.92 Å². The van der Waals surface area contributed by atoms with Gasteiger partial charge in [-0.25, -0.2) is 22.4 Å². The van der Waals surface area contributed by atoms with E-state index in [-0.39, 0.29) is 45.3 Å². The van der Waals surface area contributed by atoms with Gasteiger partial charge in [-0.1, -0.05) is 24.1 Å². The zero-order valence-electron chi connectivity index (χ0n) is 30.0. The van der Waals surface area contributed by atoms with Gasteiger partial charge in [-0.3, -0.25) is 28.8 Å². The molecule has 5 atom stereocenters. The number of nitrogens with one attached hydrogen (secondary N) is 3. The van der Waals surface area contributed by atoms with Gasteiger partial charge in [0.15, 0.2) is 0 Å². The Kier molecular flexibility index (Phi) is 11.2. The first-order valence-electron chi connectivity index (χ1n) is 17.4. The largest absolute Gasteiger partial charge is 0.444 e. The summed E-state index contributed by atoms with van der Waals surface area (Å²) in [4.78, 5) is 82.6. The van der Waals surface area contributed by atoms with E-state index in [1.807, 2.05) is 0 Å². The third kappa shape index (κ3) is 9.16. The number of nitrogens with zero attached hydrogens (tertiary/aromatic N) is 2.